The maximum Gasteiger partial charge on any atom is 0.0181 e. The van der Waals surface area contributed by atoms with Crippen LogP contribution in [0.5, 0.6) is 0 Å². The number of benzene rings is 17. The molecule has 17 aromatic rings. The van der Waals surface area contributed by atoms with E-state index in [0.29, 0.717) is 0 Å². The zero-order chi connectivity index (χ0) is 58.4. The van der Waals surface area contributed by atoms with Crippen molar-refractivity contribution in [3.05, 3.63) is 335 Å². The van der Waals surface area contributed by atoms with E-state index >= 15 is 0 Å². The molecule has 410 valence electrons. The molecule has 0 unspecified atom stereocenters. The fourth-order valence-corrected chi connectivity index (χ4v) is 13.9. The van der Waals surface area contributed by atoms with Gasteiger partial charge in [0.15, 0.2) is 0 Å². The molecule has 0 aliphatic rings. The van der Waals surface area contributed by atoms with Gasteiger partial charge in [0.1, 0.15) is 0 Å². The monoisotopic (exact) mass is 1300 g/mol. The number of hydrogen-bond donors (Lipinski definition) is 0. The number of rotatable bonds is 5. The van der Waals surface area contributed by atoms with Gasteiger partial charge in [0.05, 0.1) is 0 Å². The zero-order valence-electron chi connectivity index (χ0n) is 47.2. The Morgan fingerprint density at radius 3 is 0.897 bits per heavy atom. The van der Waals surface area contributed by atoms with Gasteiger partial charge in [0.2, 0.25) is 0 Å². The van der Waals surface area contributed by atoms with Crippen LogP contribution in [0.25, 0.3) is 153 Å². The Hall–Kier alpha value is -9.48. The lowest BCUT2D eigenvalue weighted by Gasteiger charge is -2.19. The van der Waals surface area contributed by atoms with Crippen LogP contribution >= 0.6 is 47.8 Å². The SMILES string of the molecule is Brc1ccc2cc(-c3cccc4ccccc34)ccc2c1.Brc1ccc2cc(Br)ccc2c1.c1ccc2cc(-c3c4ccccc4c(-c4ccc5ccccc5c4)c4cc(-c5ccc6cc(-c7cccc8ccccc78)ccc6c5)ccc34)ccc2c1. The highest BCUT2D eigenvalue weighted by Gasteiger charge is 2.19. The van der Waals surface area contributed by atoms with Crippen LogP contribution in [-0.4, -0.2) is 0 Å². The fraction of sp³-hybridized carbons (Fsp3) is 0. The molecule has 0 N–H and O–H groups in total. The summed E-state index contributed by atoms with van der Waals surface area (Å²) >= 11 is 10.4. The van der Waals surface area contributed by atoms with Crippen LogP contribution in [0.2, 0.25) is 0 Å². The zero-order valence-corrected chi connectivity index (χ0v) is 52.0. The lowest BCUT2D eigenvalue weighted by Crippen LogP contribution is -1.92. The second kappa shape index (κ2) is 23.4. The summed E-state index contributed by atoms with van der Waals surface area (Å²) < 4.78 is 3.36. The highest BCUT2D eigenvalue weighted by molar-refractivity contribution is 9.11. The standard InChI is InChI=1S/C54H34.C20H13Br.C10H6Br2/c1-3-13-38-32-45(26-20-35(38)10-1)53-49-17-7-8-18-50(49)54(46-27-21-36-11-2-4-14-39(36)33-46)52-34-43(28-29-51(52)53)41-22-23-42-31-44(25-24-40(42)30-41)48-19-9-15-37-12-5-6-16-47(37)48;21-18-11-10-15-12-17(9-8-16(15)13-18)20-7-3-5-14-4-1-2-6-19(14)20;11-9-3-1-7-5-10(12)4-2-8(7)6-9/h1-34H;1-13H;1-6H. The molecule has 17 rings (SSSR count). The largest absolute Gasteiger partial charge is 0.0616 e. The molecule has 0 radical (unpaired) electrons. The average Bonchev–Trinajstić information content (AvgIpc) is 0.927. The summed E-state index contributed by atoms with van der Waals surface area (Å²) in [7, 11) is 0. The fourth-order valence-electron chi connectivity index (χ4n) is 12.8. The first-order chi connectivity index (χ1) is 42.8. The molecule has 0 amide bonds. The Balaban J connectivity index is 0.000000156. The third-order valence-corrected chi connectivity index (χ3v) is 18.5. The number of halogens is 3. The number of hydrogen-bond acceptors (Lipinski definition) is 0. The lowest BCUT2D eigenvalue weighted by molar-refractivity contribution is 1.65. The summed E-state index contributed by atoms with van der Waals surface area (Å²) in [4.78, 5) is 0. The van der Waals surface area contributed by atoms with Crippen LogP contribution in [0.3, 0.4) is 0 Å². The summed E-state index contributed by atoms with van der Waals surface area (Å²) in [5, 5.41) is 22.7. The van der Waals surface area contributed by atoms with Gasteiger partial charge in [-0.1, -0.05) is 297 Å². The summed E-state index contributed by atoms with van der Waals surface area (Å²) in [5.74, 6) is 0. The van der Waals surface area contributed by atoms with E-state index < -0.39 is 0 Å². The van der Waals surface area contributed by atoms with Crippen LogP contribution in [0.1, 0.15) is 0 Å². The van der Waals surface area contributed by atoms with Crippen LogP contribution in [-0.2, 0) is 0 Å². The Labute approximate surface area is 531 Å². The van der Waals surface area contributed by atoms with E-state index in [2.05, 4.69) is 369 Å². The molecule has 0 aromatic heterocycles. The van der Waals surface area contributed by atoms with Crippen molar-refractivity contribution >= 4 is 145 Å². The highest BCUT2D eigenvalue weighted by atomic mass is 79.9. The normalized spacial score (nSPS) is 11.4. The molecule has 0 saturated heterocycles. The van der Waals surface area contributed by atoms with Gasteiger partial charge >= 0.3 is 0 Å². The van der Waals surface area contributed by atoms with Crippen LogP contribution < -0.4 is 0 Å². The van der Waals surface area contributed by atoms with Crippen molar-refractivity contribution in [1.29, 1.82) is 0 Å². The molecule has 87 heavy (non-hydrogen) atoms. The summed E-state index contributed by atoms with van der Waals surface area (Å²) in [6.07, 6.45) is 0. The predicted octanol–water partition coefficient (Wildman–Crippen LogP) is 26.1. The average molecular weight is 1300 g/mol. The summed E-state index contributed by atoms with van der Waals surface area (Å²) in [6, 6.07) is 117. The van der Waals surface area contributed by atoms with Gasteiger partial charge in [0, 0.05) is 13.4 Å². The predicted molar refractivity (Wildman–Crippen MR) is 387 cm³/mol. The first-order valence-corrected chi connectivity index (χ1v) is 31.7. The van der Waals surface area contributed by atoms with E-state index in [1.165, 1.54) is 153 Å². The van der Waals surface area contributed by atoms with Crippen molar-refractivity contribution in [3.8, 4) is 55.6 Å². The molecule has 0 spiro atoms. The Morgan fingerprint density at radius 2 is 0.425 bits per heavy atom. The van der Waals surface area contributed by atoms with Crippen LogP contribution in [0.4, 0.5) is 0 Å². The molecule has 0 atom stereocenters. The minimum absolute atomic E-state index is 1.12. The van der Waals surface area contributed by atoms with Gasteiger partial charge < -0.3 is 0 Å². The number of fused-ring (bicyclic) bond motifs is 9. The third kappa shape index (κ3) is 10.8. The minimum Gasteiger partial charge on any atom is -0.0616 e. The first kappa shape index (κ1) is 54.2. The van der Waals surface area contributed by atoms with E-state index in [4.69, 9.17) is 0 Å². The second-order valence-corrected chi connectivity index (χ2v) is 25.1. The molecule has 0 nitrogen and oxygen atoms in total. The van der Waals surface area contributed by atoms with Gasteiger partial charge in [-0.2, -0.15) is 0 Å². The quantitative estimate of drug-likeness (QED) is 0.151. The Bertz CT molecular complexity index is 5470. The molecular weight excluding hydrogens is 1250 g/mol. The second-order valence-electron chi connectivity index (χ2n) is 22.4. The molecular formula is C84H53Br3. The molecule has 0 fully saturated rings. The highest BCUT2D eigenvalue weighted by Crippen LogP contribution is 2.46. The van der Waals surface area contributed by atoms with Crippen molar-refractivity contribution < 1.29 is 0 Å². The summed E-state index contributed by atoms with van der Waals surface area (Å²) in [5.41, 5.74) is 12.5. The van der Waals surface area contributed by atoms with Crippen molar-refractivity contribution in [1.82, 2.24) is 0 Å². The molecule has 17 aromatic carbocycles. The van der Waals surface area contributed by atoms with Crippen molar-refractivity contribution in [2.75, 3.05) is 0 Å². The van der Waals surface area contributed by atoms with Crippen molar-refractivity contribution in [3.63, 3.8) is 0 Å². The Morgan fingerprint density at radius 1 is 0.149 bits per heavy atom. The van der Waals surface area contributed by atoms with Gasteiger partial charge in [-0.05, 0) is 225 Å². The third-order valence-electron chi connectivity index (χ3n) is 17.0. The van der Waals surface area contributed by atoms with Crippen molar-refractivity contribution in [2.24, 2.45) is 0 Å². The van der Waals surface area contributed by atoms with Crippen LogP contribution in [0.15, 0.2) is 335 Å². The van der Waals surface area contributed by atoms with E-state index in [1.54, 1.807) is 0 Å². The summed E-state index contributed by atoms with van der Waals surface area (Å²) in [6.45, 7) is 0. The Kier molecular flexibility index (Phi) is 14.6. The van der Waals surface area contributed by atoms with E-state index in [-0.39, 0.29) is 0 Å². The van der Waals surface area contributed by atoms with Gasteiger partial charge in [-0.3, -0.25) is 0 Å². The van der Waals surface area contributed by atoms with Gasteiger partial charge in [-0.15, -0.1) is 0 Å². The molecule has 3 heteroatoms. The maximum absolute atomic E-state index is 3.53. The molecule has 0 heterocycles. The lowest BCUT2D eigenvalue weighted by atomic mass is 9.84. The van der Waals surface area contributed by atoms with E-state index in [9.17, 15) is 0 Å². The first-order valence-electron chi connectivity index (χ1n) is 29.3. The molecule has 0 aliphatic carbocycles. The minimum atomic E-state index is 1.12. The smallest absolute Gasteiger partial charge is 0.0181 e. The van der Waals surface area contributed by atoms with E-state index in [1.807, 2.05) is 0 Å². The van der Waals surface area contributed by atoms with E-state index in [0.717, 1.165) is 13.4 Å². The van der Waals surface area contributed by atoms with Gasteiger partial charge in [0.25, 0.3) is 0 Å². The topological polar surface area (TPSA) is 0 Å². The molecule has 0 aliphatic heterocycles. The maximum atomic E-state index is 3.53. The van der Waals surface area contributed by atoms with Crippen LogP contribution in [0, 0.1) is 0 Å². The van der Waals surface area contributed by atoms with Gasteiger partial charge in [-0.25, -0.2) is 0 Å². The van der Waals surface area contributed by atoms with Crippen molar-refractivity contribution in [2.45, 2.75) is 0 Å². The molecule has 0 bridgehead atoms. The molecule has 0 saturated carbocycles.